The van der Waals surface area contributed by atoms with Crippen LogP contribution < -0.4 is 5.32 Å². The van der Waals surface area contributed by atoms with Crippen LogP contribution in [0.15, 0.2) is 6.33 Å². The van der Waals surface area contributed by atoms with E-state index >= 15 is 0 Å². The molecule has 3 nitrogen and oxygen atoms in total. The summed E-state index contributed by atoms with van der Waals surface area (Å²) in [6.07, 6.45) is 1.38. The van der Waals surface area contributed by atoms with E-state index in [2.05, 4.69) is 15.3 Å². The van der Waals surface area contributed by atoms with E-state index in [1.54, 1.807) is 0 Å². The molecule has 0 radical (unpaired) electrons. The molecule has 64 valence electrons. The molecule has 0 saturated carbocycles. The number of halogens is 2. The van der Waals surface area contributed by atoms with E-state index in [1.807, 2.05) is 0 Å². The van der Waals surface area contributed by atoms with Gasteiger partial charge in [-0.05, 0) is 0 Å². The number of aromatic nitrogens is 2. The van der Waals surface area contributed by atoms with E-state index in [-0.39, 0.29) is 0 Å². The molecule has 2 heterocycles. The lowest BCUT2D eigenvalue weighted by molar-refractivity contribution is 0.446. The van der Waals surface area contributed by atoms with Crippen molar-refractivity contribution in [2.45, 2.75) is 5.92 Å². The molecular weight excluding hydrogens is 197 g/mol. The highest BCUT2D eigenvalue weighted by molar-refractivity contribution is 6.34. The van der Waals surface area contributed by atoms with Gasteiger partial charge in [-0.25, -0.2) is 9.97 Å². The Hall–Kier alpha value is -0.380. The Morgan fingerprint density at radius 1 is 1.25 bits per heavy atom. The third-order valence-electron chi connectivity index (χ3n) is 1.98. The van der Waals surface area contributed by atoms with Crippen LogP contribution in [-0.4, -0.2) is 23.1 Å². The largest absolute Gasteiger partial charge is 0.315 e. The summed E-state index contributed by atoms with van der Waals surface area (Å²) in [5.74, 6) is 0.381. The lowest BCUT2D eigenvalue weighted by Gasteiger charge is -2.27. The van der Waals surface area contributed by atoms with E-state index in [0.29, 0.717) is 16.2 Å². The fourth-order valence-electron chi connectivity index (χ4n) is 1.18. The zero-order chi connectivity index (χ0) is 8.55. The molecule has 0 bridgehead atoms. The number of nitrogens with zero attached hydrogens (tertiary/aromatic N) is 2. The normalized spacial score (nSPS) is 17.5. The Bertz CT molecular complexity index is 278. The van der Waals surface area contributed by atoms with Crippen LogP contribution in [0, 0.1) is 0 Å². The van der Waals surface area contributed by atoms with Gasteiger partial charge in [-0.2, -0.15) is 0 Å². The molecule has 1 aliphatic rings. The van der Waals surface area contributed by atoms with Crippen molar-refractivity contribution in [1.29, 1.82) is 0 Å². The van der Waals surface area contributed by atoms with Crippen molar-refractivity contribution in [3.05, 3.63) is 22.2 Å². The third-order valence-corrected chi connectivity index (χ3v) is 2.58. The highest BCUT2D eigenvalue weighted by Gasteiger charge is 2.24. The number of hydrogen-bond acceptors (Lipinski definition) is 3. The van der Waals surface area contributed by atoms with Gasteiger partial charge in [0.1, 0.15) is 16.6 Å². The summed E-state index contributed by atoms with van der Waals surface area (Å²) in [7, 11) is 0. The van der Waals surface area contributed by atoms with Crippen molar-refractivity contribution >= 4 is 23.2 Å². The molecule has 0 spiro atoms. The minimum Gasteiger partial charge on any atom is -0.315 e. The fraction of sp³-hybridized carbons (Fsp3) is 0.429. The predicted molar refractivity (Wildman–Crippen MR) is 47.7 cm³/mol. The standard InChI is InChI=1S/C7H7Cl2N3/c8-6-5(4-1-10-2-4)7(9)12-3-11-6/h3-4,10H,1-2H2. The van der Waals surface area contributed by atoms with E-state index in [0.717, 1.165) is 18.7 Å². The van der Waals surface area contributed by atoms with Gasteiger partial charge in [-0.1, -0.05) is 23.2 Å². The summed E-state index contributed by atoms with van der Waals surface area (Å²) in [5.41, 5.74) is 0.875. The Morgan fingerprint density at radius 2 is 1.83 bits per heavy atom. The average Bonchev–Trinajstić information content (AvgIpc) is 1.93. The Labute approximate surface area is 80.1 Å². The molecule has 0 atom stereocenters. The van der Waals surface area contributed by atoms with Gasteiger partial charge in [0, 0.05) is 24.6 Å². The van der Waals surface area contributed by atoms with E-state index in [9.17, 15) is 0 Å². The molecule has 1 N–H and O–H groups in total. The van der Waals surface area contributed by atoms with E-state index in [4.69, 9.17) is 23.2 Å². The van der Waals surface area contributed by atoms with Crippen molar-refractivity contribution in [3.8, 4) is 0 Å². The van der Waals surface area contributed by atoms with E-state index < -0.39 is 0 Å². The highest BCUT2D eigenvalue weighted by atomic mass is 35.5. The zero-order valence-electron chi connectivity index (χ0n) is 6.22. The fourth-order valence-corrected chi connectivity index (χ4v) is 1.81. The molecule has 12 heavy (non-hydrogen) atoms. The summed E-state index contributed by atoms with van der Waals surface area (Å²) in [4.78, 5) is 7.77. The van der Waals surface area contributed by atoms with Crippen LogP contribution in [0.3, 0.4) is 0 Å². The van der Waals surface area contributed by atoms with Crippen LogP contribution in [0.1, 0.15) is 11.5 Å². The van der Waals surface area contributed by atoms with Gasteiger partial charge < -0.3 is 5.32 Å². The van der Waals surface area contributed by atoms with Gasteiger partial charge in [0.2, 0.25) is 0 Å². The van der Waals surface area contributed by atoms with Crippen molar-refractivity contribution in [1.82, 2.24) is 15.3 Å². The van der Waals surface area contributed by atoms with Crippen LogP contribution in [0.4, 0.5) is 0 Å². The van der Waals surface area contributed by atoms with Gasteiger partial charge >= 0.3 is 0 Å². The van der Waals surface area contributed by atoms with Gasteiger partial charge in [0.25, 0.3) is 0 Å². The summed E-state index contributed by atoms with van der Waals surface area (Å²) >= 11 is 11.7. The molecule has 1 aromatic heterocycles. The van der Waals surface area contributed by atoms with Crippen LogP contribution in [0.25, 0.3) is 0 Å². The summed E-state index contributed by atoms with van der Waals surface area (Å²) in [6.45, 7) is 1.82. The third kappa shape index (κ3) is 1.28. The first-order valence-corrected chi connectivity index (χ1v) is 4.41. The molecule has 0 amide bonds. The maximum absolute atomic E-state index is 5.87. The minimum absolute atomic E-state index is 0.381. The molecule has 0 aromatic carbocycles. The molecule has 0 aliphatic carbocycles. The Balaban J connectivity index is 2.39. The maximum atomic E-state index is 5.87. The SMILES string of the molecule is Clc1ncnc(Cl)c1C1CNC1. The molecule has 0 unspecified atom stereocenters. The van der Waals surface area contributed by atoms with Crippen LogP contribution in [0.2, 0.25) is 10.3 Å². The molecular formula is C7H7Cl2N3. The molecule has 2 rings (SSSR count). The second-order valence-electron chi connectivity index (χ2n) is 2.72. The van der Waals surface area contributed by atoms with E-state index in [1.165, 1.54) is 6.33 Å². The van der Waals surface area contributed by atoms with Gasteiger partial charge in [-0.15, -0.1) is 0 Å². The smallest absolute Gasteiger partial charge is 0.137 e. The molecule has 1 aliphatic heterocycles. The summed E-state index contributed by atoms with van der Waals surface area (Å²) < 4.78 is 0. The van der Waals surface area contributed by atoms with Crippen molar-refractivity contribution in [2.24, 2.45) is 0 Å². The molecule has 1 saturated heterocycles. The van der Waals surface area contributed by atoms with Crippen molar-refractivity contribution in [2.75, 3.05) is 13.1 Å². The number of hydrogen-bond donors (Lipinski definition) is 1. The van der Waals surface area contributed by atoms with Crippen molar-refractivity contribution in [3.63, 3.8) is 0 Å². The zero-order valence-corrected chi connectivity index (χ0v) is 7.73. The van der Waals surface area contributed by atoms with Crippen molar-refractivity contribution < 1.29 is 0 Å². The molecule has 1 aromatic rings. The Morgan fingerprint density at radius 3 is 2.25 bits per heavy atom. The quantitative estimate of drug-likeness (QED) is 0.704. The van der Waals surface area contributed by atoms with Crippen LogP contribution >= 0.6 is 23.2 Å². The highest BCUT2D eigenvalue weighted by Crippen LogP contribution is 2.30. The number of rotatable bonds is 1. The number of nitrogens with one attached hydrogen (secondary N) is 1. The Kier molecular flexibility index (Phi) is 2.17. The predicted octanol–water partition coefficient (Wildman–Crippen LogP) is 1.47. The topological polar surface area (TPSA) is 37.8 Å². The average molecular weight is 204 g/mol. The first-order chi connectivity index (χ1) is 5.79. The maximum Gasteiger partial charge on any atom is 0.137 e. The summed E-state index contributed by atoms with van der Waals surface area (Å²) in [6, 6.07) is 0. The second-order valence-corrected chi connectivity index (χ2v) is 3.44. The first kappa shape index (κ1) is 8.23. The van der Waals surface area contributed by atoms with Gasteiger partial charge in [0.05, 0.1) is 0 Å². The minimum atomic E-state index is 0.381. The molecule has 1 fully saturated rings. The van der Waals surface area contributed by atoms with Gasteiger partial charge in [0.15, 0.2) is 0 Å². The molecule has 5 heteroatoms. The second kappa shape index (κ2) is 3.17. The monoisotopic (exact) mass is 203 g/mol. The van der Waals surface area contributed by atoms with Crippen LogP contribution in [-0.2, 0) is 0 Å². The lowest BCUT2D eigenvalue weighted by atomic mass is 9.96. The lowest BCUT2D eigenvalue weighted by Crippen LogP contribution is -2.40. The first-order valence-electron chi connectivity index (χ1n) is 3.65. The van der Waals surface area contributed by atoms with Gasteiger partial charge in [-0.3, -0.25) is 0 Å². The van der Waals surface area contributed by atoms with Crippen LogP contribution in [0.5, 0.6) is 0 Å². The summed E-state index contributed by atoms with van der Waals surface area (Å²) in [5, 5.41) is 4.09.